The van der Waals surface area contributed by atoms with E-state index in [0.717, 1.165) is 31.9 Å². The summed E-state index contributed by atoms with van der Waals surface area (Å²) in [5.41, 5.74) is 1.05. The minimum Gasteiger partial charge on any atom is -0.480 e. The molecule has 29 heavy (non-hydrogen) atoms. The van der Waals surface area contributed by atoms with Crippen molar-refractivity contribution in [3.05, 3.63) is 52.4 Å². The van der Waals surface area contributed by atoms with Crippen molar-refractivity contribution in [2.45, 2.75) is 25.7 Å². The fraction of sp³-hybridized carbons (Fsp3) is 0.429. The summed E-state index contributed by atoms with van der Waals surface area (Å²) < 4.78 is 11.0. The zero-order valence-electron chi connectivity index (χ0n) is 16.3. The van der Waals surface area contributed by atoms with Crippen molar-refractivity contribution in [3.8, 4) is 0 Å². The summed E-state index contributed by atoms with van der Waals surface area (Å²) in [6.45, 7) is 6.09. The number of carbonyl (C=O) groups excluding carboxylic acids is 2. The molecule has 0 bridgehead atoms. The summed E-state index contributed by atoms with van der Waals surface area (Å²) in [6.07, 6.45) is 1.80. The number of Topliss-reactive ketones (excluding diaryl/α,β-unsaturated/α-hetero) is 1. The quantitative estimate of drug-likeness (QED) is 0.691. The van der Waals surface area contributed by atoms with Crippen LogP contribution in [0.4, 0.5) is 5.69 Å². The van der Waals surface area contributed by atoms with Gasteiger partial charge in [-0.05, 0) is 34.1 Å². The Morgan fingerprint density at radius 1 is 1.07 bits per heavy atom. The molecule has 1 aromatic rings. The number of anilines is 1. The molecular formula is C21H23BrN2O5. The molecule has 2 heterocycles. The largest absolute Gasteiger partial charge is 0.480 e. The van der Waals surface area contributed by atoms with Gasteiger partial charge in [0.25, 0.3) is 11.7 Å². The molecule has 1 aliphatic carbocycles. The van der Waals surface area contributed by atoms with Gasteiger partial charge in [0.2, 0.25) is 0 Å². The molecule has 1 saturated heterocycles. The molecule has 0 unspecified atom stereocenters. The monoisotopic (exact) mass is 462 g/mol. The van der Waals surface area contributed by atoms with Crippen molar-refractivity contribution in [2.24, 2.45) is 5.92 Å². The summed E-state index contributed by atoms with van der Waals surface area (Å²) in [5.74, 6) is -3.65. The Morgan fingerprint density at radius 3 is 2.34 bits per heavy atom. The number of aliphatic hydroxyl groups is 1. The molecule has 0 spiro atoms. The first-order chi connectivity index (χ1) is 13.8. The smallest absolute Gasteiger partial charge is 0.345 e. The number of benzene rings is 1. The maximum Gasteiger partial charge on any atom is 0.345 e. The van der Waals surface area contributed by atoms with Crippen LogP contribution in [0.3, 0.4) is 0 Å². The fourth-order valence-corrected chi connectivity index (χ4v) is 4.62. The van der Waals surface area contributed by atoms with Gasteiger partial charge in [0, 0.05) is 51.8 Å². The van der Waals surface area contributed by atoms with Crippen molar-refractivity contribution in [1.82, 2.24) is 4.90 Å². The molecule has 1 N–H and O–H groups in total. The van der Waals surface area contributed by atoms with Crippen LogP contribution in [0, 0.1) is 5.92 Å². The molecule has 154 valence electrons. The highest BCUT2D eigenvalue weighted by atomic mass is 79.9. The number of aliphatic hydroxyl groups excluding tert-OH is 1. The molecule has 1 aromatic carbocycles. The standard InChI is InChI=1S/C21H23BrN2O5/c1-21(2)28-19(26)17(20(27)29-21)16-15(12-14(22)18(16)25)24-10-8-23(9-11-24)13-6-4-3-5-7-13/h3-7,12,15-16,26H,8-11H2,1-2H3/t15-,16-/m0/s1. The molecule has 0 amide bonds. The van der Waals surface area contributed by atoms with Gasteiger partial charge in [-0.1, -0.05) is 18.2 Å². The predicted octanol–water partition coefficient (Wildman–Crippen LogP) is 2.73. The number of rotatable bonds is 3. The van der Waals surface area contributed by atoms with Crippen LogP contribution in [-0.4, -0.2) is 59.8 Å². The summed E-state index contributed by atoms with van der Waals surface area (Å²) in [4.78, 5) is 29.9. The lowest BCUT2D eigenvalue weighted by Crippen LogP contribution is -2.53. The Balaban J connectivity index is 1.55. The minimum absolute atomic E-state index is 0.115. The van der Waals surface area contributed by atoms with Crippen LogP contribution >= 0.6 is 15.9 Å². The van der Waals surface area contributed by atoms with Gasteiger partial charge in [-0.25, -0.2) is 4.79 Å². The molecule has 7 nitrogen and oxygen atoms in total. The topological polar surface area (TPSA) is 79.3 Å². The maximum atomic E-state index is 12.8. The Labute approximate surface area is 177 Å². The number of ether oxygens (including phenoxy) is 2. The van der Waals surface area contributed by atoms with Crippen LogP contribution in [0.15, 0.2) is 52.4 Å². The third kappa shape index (κ3) is 3.79. The third-order valence-corrected chi connectivity index (χ3v) is 6.13. The first-order valence-electron chi connectivity index (χ1n) is 9.58. The van der Waals surface area contributed by atoms with Crippen molar-refractivity contribution < 1.29 is 24.2 Å². The second-order valence-corrected chi connectivity index (χ2v) is 8.67. The number of cyclic esters (lactones) is 1. The predicted molar refractivity (Wildman–Crippen MR) is 110 cm³/mol. The summed E-state index contributed by atoms with van der Waals surface area (Å²) >= 11 is 3.31. The molecule has 4 rings (SSSR count). The number of carbonyl (C=O) groups is 2. The first-order valence-corrected chi connectivity index (χ1v) is 10.4. The molecule has 0 aromatic heterocycles. The van der Waals surface area contributed by atoms with Gasteiger partial charge < -0.3 is 19.5 Å². The molecule has 2 atom stereocenters. The van der Waals surface area contributed by atoms with E-state index in [2.05, 4.69) is 37.9 Å². The SMILES string of the molecule is CC1(C)OC(=O)C([C@H]2C(=O)C(Br)=C[C@@H]2N2CCN(c3ccccc3)CC2)=C(O)O1. The fourth-order valence-electron chi connectivity index (χ4n) is 4.10. The lowest BCUT2D eigenvalue weighted by atomic mass is 9.90. The van der Waals surface area contributed by atoms with E-state index in [4.69, 9.17) is 9.47 Å². The van der Waals surface area contributed by atoms with Gasteiger partial charge in [-0.15, -0.1) is 0 Å². The van der Waals surface area contributed by atoms with Crippen molar-refractivity contribution in [2.75, 3.05) is 31.1 Å². The van der Waals surface area contributed by atoms with Crippen LogP contribution in [-0.2, 0) is 19.1 Å². The second-order valence-electron chi connectivity index (χ2n) is 7.82. The van der Waals surface area contributed by atoms with E-state index < -0.39 is 23.6 Å². The van der Waals surface area contributed by atoms with Gasteiger partial charge in [0.15, 0.2) is 5.78 Å². The highest BCUT2D eigenvalue weighted by Gasteiger charge is 2.49. The number of esters is 1. The summed E-state index contributed by atoms with van der Waals surface area (Å²) in [5, 5.41) is 10.4. The number of ketones is 1. The van der Waals surface area contributed by atoms with Gasteiger partial charge in [-0.3, -0.25) is 9.69 Å². The van der Waals surface area contributed by atoms with Crippen LogP contribution in [0.2, 0.25) is 0 Å². The zero-order chi connectivity index (χ0) is 20.8. The molecular weight excluding hydrogens is 440 g/mol. The average Bonchev–Trinajstić information content (AvgIpc) is 2.96. The third-order valence-electron chi connectivity index (χ3n) is 5.48. The lowest BCUT2D eigenvalue weighted by Gasteiger charge is -2.41. The Bertz CT molecular complexity index is 888. The van der Waals surface area contributed by atoms with Crippen LogP contribution in [0.5, 0.6) is 0 Å². The van der Waals surface area contributed by atoms with Gasteiger partial charge >= 0.3 is 5.97 Å². The van der Waals surface area contributed by atoms with Crippen molar-refractivity contribution in [1.29, 1.82) is 0 Å². The molecule has 3 aliphatic rings. The number of piperazine rings is 1. The molecule has 0 radical (unpaired) electrons. The first kappa shape index (κ1) is 20.0. The molecule has 1 fully saturated rings. The van der Waals surface area contributed by atoms with E-state index in [9.17, 15) is 14.7 Å². The van der Waals surface area contributed by atoms with E-state index in [0.29, 0.717) is 4.48 Å². The molecule has 0 saturated carbocycles. The maximum absolute atomic E-state index is 12.8. The number of allylic oxidation sites excluding steroid dienone is 1. The number of halogens is 1. The van der Waals surface area contributed by atoms with Gasteiger partial charge in [0.1, 0.15) is 5.57 Å². The minimum atomic E-state index is -1.27. The van der Waals surface area contributed by atoms with Gasteiger partial charge in [-0.2, -0.15) is 0 Å². The highest BCUT2D eigenvalue weighted by Crippen LogP contribution is 2.39. The van der Waals surface area contributed by atoms with E-state index in [-0.39, 0.29) is 17.4 Å². The number of hydrogen-bond donors (Lipinski definition) is 1. The highest BCUT2D eigenvalue weighted by molar-refractivity contribution is 9.12. The van der Waals surface area contributed by atoms with E-state index in [1.54, 1.807) is 6.08 Å². The Morgan fingerprint density at radius 2 is 1.72 bits per heavy atom. The number of para-hydroxylation sites is 1. The average molecular weight is 463 g/mol. The Kier molecular flexibility index (Phi) is 5.16. The van der Waals surface area contributed by atoms with E-state index in [1.165, 1.54) is 13.8 Å². The Hall–Kier alpha value is -2.32. The second kappa shape index (κ2) is 7.50. The zero-order valence-corrected chi connectivity index (χ0v) is 17.9. The van der Waals surface area contributed by atoms with Gasteiger partial charge in [0.05, 0.1) is 10.4 Å². The van der Waals surface area contributed by atoms with Crippen molar-refractivity contribution >= 4 is 33.4 Å². The van der Waals surface area contributed by atoms with Crippen LogP contribution < -0.4 is 4.90 Å². The number of hydrogen-bond acceptors (Lipinski definition) is 7. The van der Waals surface area contributed by atoms with Crippen LogP contribution in [0.1, 0.15) is 13.8 Å². The van der Waals surface area contributed by atoms with Crippen molar-refractivity contribution in [3.63, 3.8) is 0 Å². The van der Waals surface area contributed by atoms with Crippen LogP contribution in [0.25, 0.3) is 0 Å². The summed E-state index contributed by atoms with van der Waals surface area (Å²) in [6, 6.07) is 9.81. The molecule has 8 heteroatoms. The van der Waals surface area contributed by atoms with E-state index in [1.807, 2.05) is 18.2 Å². The number of nitrogens with zero attached hydrogens (tertiary/aromatic N) is 2. The lowest BCUT2D eigenvalue weighted by molar-refractivity contribution is -0.223. The normalized spacial score (nSPS) is 27.6. The molecule has 2 aliphatic heterocycles. The van der Waals surface area contributed by atoms with E-state index >= 15 is 0 Å². The summed E-state index contributed by atoms with van der Waals surface area (Å²) in [7, 11) is 0.